The molecule has 238 valence electrons. The molecular weight excluding hydrogens is 573 g/mol. The molecule has 5 amide bonds. The van der Waals surface area contributed by atoms with Crippen LogP contribution in [0.3, 0.4) is 0 Å². The van der Waals surface area contributed by atoms with E-state index in [1.807, 2.05) is 12.1 Å². The number of carbonyl (C=O) groups is 5. The molecule has 1 saturated heterocycles. The molecule has 0 bridgehead atoms. The van der Waals surface area contributed by atoms with Gasteiger partial charge in [-0.2, -0.15) is 0 Å². The minimum Gasteiger partial charge on any atom is -0.493 e. The Bertz CT molecular complexity index is 1340. The van der Waals surface area contributed by atoms with Crippen LogP contribution in [-0.4, -0.2) is 80.9 Å². The molecular formula is C31H40FN5O7. The van der Waals surface area contributed by atoms with Gasteiger partial charge >= 0.3 is 0 Å². The topological polar surface area (TPSA) is 155 Å². The van der Waals surface area contributed by atoms with Crippen molar-refractivity contribution in [3.05, 3.63) is 59.4 Å². The van der Waals surface area contributed by atoms with Gasteiger partial charge in [-0.3, -0.25) is 24.0 Å². The molecule has 2 aromatic rings. The number of methoxy groups -OCH3 is 2. The van der Waals surface area contributed by atoms with Crippen molar-refractivity contribution in [1.29, 1.82) is 0 Å². The van der Waals surface area contributed by atoms with Crippen molar-refractivity contribution in [2.45, 2.75) is 57.2 Å². The van der Waals surface area contributed by atoms with Crippen molar-refractivity contribution >= 4 is 29.5 Å². The van der Waals surface area contributed by atoms with Crippen LogP contribution in [-0.2, 0) is 30.4 Å². The summed E-state index contributed by atoms with van der Waals surface area (Å²) in [6.45, 7) is 1.48. The van der Waals surface area contributed by atoms with Crippen molar-refractivity contribution in [3.63, 3.8) is 0 Å². The number of benzene rings is 2. The SMILES string of the molecule is COc1ccc(CCCNC(=O)[C@@H]2CCC(=O)N(C)CC(=O)N[C@@H](C)C(=O)N[C@@H](c3ccc(F)cc3)CC(=O)N2)cc1OC. The van der Waals surface area contributed by atoms with Gasteiger partial charge in [0.2, 0.25) is 29.5 Å². The molecule has 3 atom stereocenters. The molecule has 1 aliphatic rings. The minimum absolute atomic E-state index is 0.0119. The number of ether oxygens (including phenoxy) is 2. The average molecular weight is 614 g/mol. The first kappa shape index (κ1) is 33.8. The molecule has 0 saturated carbocycles. The first-order chi connectivity index (χ1) is 21.0. The molecule has 0 unspecified atom stereocenters. The normalized spacial score (nSPS) is 20.4. The van der Waals surface area contributed by atoms with Gasteiger partial charge in [-0.25, -0.2) is 4.39 Å². The van der Waals surface area contributed by atoms with Gasteiger partial charge in [0.1, 0.15) is 17.9 Å². The monoisotopic (exact) mass is 613 g/mol. The van der Waals surface area contributed by atoms with Crippen molar-refractivity contribution < 1.29 is 37.8 Å². The number of nitrogens with one attached hydrogen (secondary N) is 4. The van der Waals surface area contributed by atoms with Gasteiger partial charge < -0.3 is 35.6 Å². The standard InChI is InChI=1S/C31H40FN5O7/c1-19-30(41)36-24(21-8-10-22(32)11-9-21)17-27(38)35-23(12-14-29(40)37(2)18-28(39)34-19)31(42)33-15-5-6-20-7-13-25(43-3)26(16-20)44-4/h7-11,13,16,19,23-24H,5-6,12,14-15,17-18H2,1-4H3,(H,33,42)(H,34,39)(H,35,38)(H,36,41)/t19-,23-,24+/m0/s1. The summed E-state index contributed by atoms with van der Waals surface area (Å²) in [6, 6.07) is 7.98. The van der Waals surface area contributed by atoms with Crippen LogP contribution in [0, 0.1) is 5.82 Å². The molecule has 0 radical (unpaired) electrons. The molecule has 0 aromatic heterocycles. The number of hydrogen-bond acceptors (Lipinski definition) is 7. The van der Waals surface area contributed by atoms with Crippen LogP contribution >= 0.6 is 0 Å². The van der Waals surface area contributed by atoms with Crippen molar-refractivity contribution in [2.24, 2.45) is 0 Å². The summed E-state index contributed by atoms with van der Waals surface area (Å²) in [5, 5.41) is 10.8. The molecule has 4 N–H and O–H groups in total. The summed E-state index contributed by atoms with van der Waals surface area (Å²) in [6.07, 6.45) is 0.842. The minimum atomic E-state index is -1.05. The Morgan fingerprint density at radius 3 is 2.36 bits per heavy atom. The molecule has 12 nitrogen and oxygen atoms in total. The first-order valence-electron chi connectivity index (χ1n) is 14.4. The summed E-state index contributed by atoms with van der Waals surface area (Å²) < 4.78 is 24.2. The van der Waals surface area contributed by atoms with E-state index in [9.17, 15) is 28.4 Å². The quantitative estimate of drug-likeness (QED) is 0.328. The maximum absolute atomic E-state index is 13.6. The lowest BCUT2D eigenvalue weighted by atomic mass is 10.0. The maximum atomic E-state index is 13.6. The highest BCUT2D eigenvalue weighted by Gasteiger charge is 2.28. The number of rotatable bonds is 8. The van der Waals surface area contributed by atoms with Crippen LogP contribution in [0.1, 0.15) is 49.8 Å². The van der Waals surface area contributed by atoms with Crippen LogP contribution in [0.4, 0.5) is 4.39 Å². The first-order valence-corrected chi connectivity index (χ1v) is 14.4. The van der Waals surface area contributed by atoms with E-state index < -0.39 is 53.5 Å². The Hall–Kier alpha value is -4.68. The van der Waals surface area contributed by atoms with Gasteiger partial charge in [0, 0.05) is 20.0 Å². The Kier molecular flexibility index (Phi) is 12.5. The van der Waals surface area contributed by atoms with E-state index in [1.54, 1.807) is 20.3 Å². The zero-order valence-electron chi connectivity index (χ0n) is 25.4. The summed E-state index contributed by atoms with van der Waals surface area (Å²) in [5.41, 5.74) is 1.45. The van der Waals surface area contributed by atoms with E-state index in [4.69, 9.17) is 9.47 Å². The van der Waals surface area contributed by atoms with Crippen molar-refractivity contribution in [2.75, 3.05) is 34.4 Å². The Balaban J connectivity index is 1.73. The predicted molar refractivity (Wildman–Crippen MR) is 159 cm³/mol. The predicted octanol–water partition coefficient (Wildman–Crippen LogP) is 1.38. The van der Waals surface area contributed by atoms with Gasteiger partial charge in [-0.1, -0.05) is 18.2 Å². The fourth-order valence-electron chi connectivity index (χ4n) is 4.73. The van der Waals surface area contributed by atoms with E-state index >= 15 is 0 Å². The lowest BCUT2D eigenvalue weighted by Crippen LogP contribution is -2.49. The Morgan fingerprint density at radius 1 is 0.977 bits per heavy atom. The fourth-order valence-corrected chi connectivity index (χ4v) is 4.73. The second-order valence-electron chi connectivity index (χ2n) is 10.6. The van der Waals surface area contributed by atoms with Crippen LogP contribution in [0.15, 0.2) is 42.5 Å². The summed E-state index contributed by atoms with van der Waals surface area (Å²) in [5.74, 6) is -1.83. The lowest BCUT2D eigenvalue weighted by Gasteiger charge is -2.23. The smallest absolute Gasteiger partial charge is 0.242 e. The van der Waals surface area contributed by atoms with Crippen LogP contribution in [0.5, 0.6) is 11.5 Å². The van der Waals surface area contributed by atoms with E-state index in [1.165, 1.54) is 43.1 Å². The third-order valence-corrected chi connectivity index (χ3v) is 7.24. The number of aryl methyl sites for hydroxylation is 1. The zero-order chi connectivity index (χ0) is 32.2. The lowest BCUT2D eigenvalue weighted by molar-refractivity contribution is -0.136. The van der Waals surface area contributed by atoms with E-state index in [2.05, 4.69) is 21.3 Å². The van der Waals surface area contributed by atoms with Crippen LogP contribution in [0.25, 0.3) is 0 Å². The zero-order valence-corrected chi connectivity index (χ0v) is 25.4. The molecule has 2 aromatic carbocycles. The fraction of sp³-hybridized carbons (Fsp3) is 0.452. The average Bonchev–Trinajstić information content (AvgIpc) is 3.00. The third-order valence-electron chi connectivity index (χ3n) is 7.24. The van der Waals surface area contributed by atoms with Gasteiger partial charge in [0.25, 0.3) is 0 Å². The van der Waals surface area contributed by atoms with Crippen molar-refractivity contribution in [3.8, 4) is 11.5 Å². The van der Waals surface area contributed by atoms with Gasteiger partial charge in [0.15, 0.2) is 11.5 Å². The van der Waals surface area contributed by atoms with Crippen LogP contribution < -0.4 is 30.7 Å². The molecule has 3 rings (SSSR count). The number of halogens is 1. The molecule has 1 aliphatic heterocycles. The highest BCUT2D eigenvalue weighted by atomic mass is 19.1. The third kappa shape index (κ3) is 9.96. The van der Waals surface area contributed by atoms with E-state index in [0.717, 1.165) is 5.56 Å². The largest absolute Gasteiger partial charge is 0.493 e. The van der Waals surface area contributed by atoms with Gasteiger partial charge in [-0.05, 0) is 61.6 Å². The maximum Gasteiger partial charge on any atom is 0.242 e. The summed E-state index contributed by atoms with van der Waals surface area (Å²) >= 11 is 0. The second-order valence-corrected chi connectivity index (χ2v) is 10.6. The summed E-state index contributed by atoms with van der Waals surface area (Å²) in [7, 11) is 4.55. The van der Waals surface area contributed by atoms with E-state index in [-0.39, 0.29) is 25.8 Å². The number of likely N-dealkylation sites (N-methyl/N-ethyl adjacent to an activating group) is 1. The van der Waals surface area contributed by atoms with Crippen LogP contribution in [0.2, 0.25) is 0 Å². The number of carbonyl (C=O) groups excluding carboxylic acids is 5. The molecule has 13 heteroatoms. The van der Waals surface area contributed by atoms with Gasteiger partial charge in [-0.15, -0.1) is 0 Å². The Labute approximate surface area is 256 Å². The van der Waals surface area contributed by atoms with E-state index in [0.29, 0.717) is 36.4 Å². The second kappa shape index (κ2) is 16.2. The number of nitrogens with zero attached hydrogens (tertiary/aromatic N) is 1. The molecule has 1 fully saturated rings. The van der Waals surface area contributed by atoms with Crippen molar-refractivity contribution in [1.82, 2.24) is 26.2 Å². The highest BCUT2D eigenvalue weighted by molar-refractivity contribution is 5.92. The molecule has 0 aliphatic carbocycles. The molecule has 0 spiro atoms. The number of amides is 5. The number of hydrogen-bond donors (Lipinski definition) is 4. The highest BCUT2D eigenvalue weighted by Crippen LogP contribution is 2.28. The molecule has 1 heterocycles. The van der Waals surface area contributed by atoms with Gasteiger partial charge in [0.05, 0.1) is 33.2 Å². The molecule has 44 heavy (non-hydrogen) atoms. The Morgan fingerprint density at radius 2 is 1.68 bits per heavy atom. The summed E-state index contributed by atoms with van der Waals surface area (Å²) in [4.78, 5) is 65.7.